The van der Waals surface area contributed by atoms with Crippen LogP contribution in [0.4, 0.5) is 5.82 Å². The Bertz CT molecular complexity index is 292. The predicted molar refractivity (Wildman–Crippen MR) is 56.7 cm³/mol. The second kappa shape index (κ2) is 4.62. The molecular weight excluding hydrogens is 162 g/mol. The molecule has 1 rings (SSSR count). The van der Waals surface area contributed by atoms with E-state index in [-0.39, 0.29) is 0 Å². The van der Waals surface area contributed by atoms with Crippen LogP contribution in [-0.4, -0.2) is 25.6 Å². The lowest BCUT2D eigenvalue weighted by Crippen LogP contribution is -2.11. The maximum atomic E-state index is 5.38. The van der Waals surface area contributed by atoms with Crippen LogP contribution in [0.25, 0.3) is 6.08 Å². The van der Waals surface area contributed by atoms with Crippen LogP contribution in [0.2, 0.25) is 0 Å². The molecular formula is C10H15N3. The maximum absolute atomic E-state index is 5.38. The van der Waals surface area contributed by atoms with E-state index in [0.717, 1.165) is 11.4 Å². The lowest BCUT2D eigenvalue weighted by molar-refractivity contribution is 1.06. The molecule has 0 amide bonds. The van der Waals surface area contributed by atoms with Gasteiger partial charge in [0, 0.05) is 32.4 Å². The number of aromatic nitrogens is 1. The minimum atomic E-state index is 0.557. The van der Waals surface area contributed by atoms with Crippen molar-refractivity contribution in [1.82, 2.24) is 4.98 Å². The van der Waals surface area contributed by atoms with Crippen molar-refractivity contribution in [1.29, 1.82) is 0 Å². The molecule has 13 heavy (non-hydrogen) atoms. The topological polar surface area (TPSA) is 42.2 Å². The van der Waals surface area contributed by atoms with E-state index in [9.17, 15) is 0 Å². The van der Waals surface area contributed by atoms with Gasteiger partial charge in [0.2, 0.25) is 0 Å². The Morgan fingerprint density at radius 3 is 2.92 bits per heavy atom. The lowest BCUT2D eigenvalue weighted by atomic mass is 10.2. The SMILES string of the molecule is CN(C)c1ncccc1/C=C/CN. The normalized spacial score (nSPS) is 10.7. The Kier molecular flexibility index (Phi) is 3.46. The summed E-state index contributed by atoms with van der Waals surface area (Å²) in [7, 11) is 3.95. The zero-order valence-corrected chi connectivity index (χ0v) is 8.07. The summed E-state index contributed by atoms with van der Waals surface area (Å²) in [5.74, 6) is 0.965. The van der Waals surface area contributed by atoms with Gasteiger partial charge in [0.05, 0.1) is 0 Å². The summed E-state index contributed by atoms with van der Waals surface area (Å²) in [4.78, 5) is 6.25. The summed E-state index contributed by atoms with van der Waals surface area (Å²) in [5, 5.41) is 0. The van der Waals surface area contributed by atoms with E-state index in [4.69, 9.17) is 5.73 Å². The largest absolute Gasteiger partial charge is 0.362 e. The predicted octanol–water partition coefficient (Wildman–Crippen LogP) is 1.12. The first-order valence-electron chi connectivity index (χ1n) is 4.24. The highest BCUT2D eigenvalue weighted by Crippen LogP contribution is 2.15. The van der Waals surface area contributed by atoms with Crippen LogP contribution in [0.1, 0.15) is 5.56 Å². The number of nitrogens with two attached hydrogens (primary N) is 1. The van der Waals surface area contributed by atoms with E-state index in [1.54, 1.807) is 6.20 Å². The van der Waals surface area contributed by atoms with Crippen LogP contribution in [0.3, 0.4) is 0 Å². The van der Waals surface area contributed by atoms with Gasteiger partial charge in [-0.3, -0.25) is 0 Å². The molecule has 0 saturated heterocycles. The van der Waals surface area contributed by atoms with Crippen molar-refractivity contribution in [2.24, 2.45) is 5.73 Å². The van der Waals surface area contributed by atoms with E-state index in [2.05, 4.69) is 4.98 Å². The van der Waals surface area contributed by atoms with Crippen LogP contribution in [-0.2, 0) is 0 Å². The Labute approximate surface area is 78.9 Å². The standard InChI is InChI=1S/C10H15N3/c1-13(2)10-9(5-3-7-11)6-4-8-12-10/h3-6,8H,7,11H2,1-2H3/b5-3+. The van der Waals surface area contributed by atoms with Gasteiger partial charge in [-0.15, -0.1) is 0 Å². The minimum Gasteiger partial charge on any atom is -0.362 e. The van der Waals surface area contributed by atoms with Crippen molar-refractivity contribution in [2.45, 2.75) is 0 Å². The van der Waals surface area contributed by atoms with Crippen LogP contribution in [0.15, 0.2) is 24.4 Å². The lowest BCUT2D eigenvalue weighted by Gasteiger charge is -2.13. The van der Waals surface area contributed by atoms with Crippen molar-refractivity contribution in [3.05, 3.63) is 30.0 Å². The first-order chi connectivity index (χ1) is 6.25. The Morgan fingerprint density at radius 2 is 2.31 bits per heavy atom. The van der Waals surface area contributed by atoms with Crippen LogP contribution < -0.4 is 10.6 Å². The monoisotopic (exact) mass is 177 g/mol. The van der Waals surface area contributed by atoms with Gasteiger partial charge in [-0.25, -0.2) is 4.98 Å². The molecule has 3 nitrogen and oxygen atoms in total. The van der Waals surface area contributed by atoms with Gasteiger partial charge in [-0.05, 0) is 12.1 Å². The summed E-state index contributed by atoms with van der Waals surface area (Å²) in [5.41, 5.74) is 6.48. The molecule has 0 unspecified atom stereocenters. The van der Waals surface area contributed by atoms with Crippen molar-refractivity contribution >= 4 is 11.9 Å². The third kappa shape index (κ3) is 2.56. The van der Waals surface area contributed by atoms with Crippen LogP contribution in [0.5, 0.6) is 0 Å². The molecule has 0 bridgehead atoms. The van der Waals surface area contributed by atoms with E-state index >= 15 is 0 Å². The second-order valence-corrected chi connectivity index (χ2v) is 2.95. The summed E-state index contributed by atoms with van der Waals surface area (Å²) in [6, 6.07) is 3.94. The van der Waals surface area contributed by atoms with E-state index in [0.29, 0.717) is 6.54 Å². The molecule has 0 atom stereocenters. The molecule has 0 fully saturated rings. The molecule has 0 aliphatic heterocycles. The summed E-state index contributed by atoms with van der Waals surface area (Å²) in [6.45, 7) is 0.557. The second-order valence-electron chi connectivity index (χ2n) is 2.95. The molecule has 0 spiro atoms. The fourth-order valence-corrected chi connectivity index (χ4v) is 1.11. The number of hydrogen-bond donors (Lipinski definition) is 1. The maximum Gasteiger partial charge on any atom is 0.135 e. The number of anilines is 1. The van der Waals surface area contributed by atoms with E-state index < -0.39 is 0 Å². The highest BCUT2D eigenvalue weighted by Gasteiger charge is 2.00. The third-order valence-electron chi connectivity index (χ3n) is 1.67. The highest BCUT2D eigenvalue weighted by atomic mass is 15.1. The molecule has 0 aromatic carbocycles. The average molecular weight is 177 g/mol. The van der Waals surface area contributed by atoms with Crippen molar-refractivity contribution in [3.8, 4) is 0 Å². The highest BCUT2D eigenvalue weighted by molar-refractivity contribution is 5.63. The van der Waals surface area contributed by atoms with Gasteiger partial charge >= 0.3 is 0 Å². The Balaban J connectivity index is 2.97. The molecule has 1 aromatic heterocycles. The first kappa shape index (κ1) is 9.74. The van der Waals surface area contributed by atoms with E-state index in [1.165, 1.54) is 0 Å². The molecule has 3 heteroatoms. The Morgan fingerprint density at radius 1 is 1.54 bits per heavy atom. The zero-order chi connectivity index (χ0) is 9.68. The quantitative estimate of drug-likeness (QED) is 0.752. The summed E-state index contributed by atoms with van der Waals surface area (Å²) >= 11 is 0. The third-order valence-corrected chi connectivity index (χ3v) is 1.67. The molecule has 1 heterocycles. The number of pyridine rings is 1. The van der Waals surface area contributed by atoms with Gasteiger partial charge < -0.3 is 10.6 Å². The molecule has 0 saturated carbocycles. The summed E-state index contributed by atoms with van der Waals surface area (Å²) in [6.07, 6.45) is 5.70. The smallest absolute Gasteiger partial charge is 0.135 e. The number of rotatable bonds is 3. The average Bonchev–Trinajstić information content (AvgIpc) is 2.15. The summed E-state index contributed by atoms with van der Waals surface area (Å²) < 4.78 is 0. The Hall–Kier alpha value is -1.35. The van der Waals surface area contributed by atoms with Crippen molar-refractivity contribution in [3.63, 3.8) is 0 Å². The number of hydrogen-bond acceptors (Lipinski definition) is 3. The molecule has 0 aliphatic carbocycles. The van der Waals surface area contributed by atoms with Crippen molar-refractivity contribution in [2.75, 3.05) is 25.5 Å². The minimum absolute atomic E-state index is 0.557. The van der Waals surface area contributed by atoms with Crippen LogP contribution in [0, 0.1) is 0 Å². The van der Waals surface area contributed by atoms with Crippen molar-refractivity contribution < 1.29 is 0 Å². The van der Waals surface area contributed by atoms with Crippen LogP contribution >= 0.6 is 0 Å². The first-order valence-corrected chi connectivity index (χ1v) is 4.24. The van der Waals surface area contributed by atoms with Gasteiger partial charge in [0.15, 0.2) is 0 Å². The number of nitrogens with zero attached hydrogens (tertiary/aromatic N) is 2. The zero-order valence-electron chi connectivity index (χ0n) is 8.07. The van der Waals surface area contributed by atoms with Gasteiger partial charge in [0.25, 0.3) is 0 Å². The fraction of sp³-hybridized carbons (Fsp3) is 0.300. The van der Waals surface area contributed by atoms with Gasteiger partial charge in [-0.1, -0.05) is 12.2 Å². The fourth-order valence-electron chi connectivity index (χ4n) is 1.11. The molecule has 70 valence electrons. The molecule has 0 aliphatic rings. The molecule has 1 aromatic rings. The molecule has 2 N–H and O–H groups in total. The van der Waals surface area contributed by atoms with E-state index in [1.807, 2.05) is 43.3 Å². The van der Waals surface area contributed by atoms with Gasteiger partial charge in [-0.2, -0.15) is 0 Å². The molecule has 0 radical (unpaired) electrons. The van der Waals surface area contributed by atoms with Gasteiger partial charge in [0.1, 0.15) is 5.82 Å².